The van der Waals surface area contributed by atoms with Crippen LogP contribution in [0.1, 0.15) is 6.42 Å². The summed E-state index contributed by atoms with van der Waals surface area (Å²) < 4.78 is 4.36. The average molecular weight is 153 g/mol. The Morgan fingerprint density at radius 3 is 3.00 bits per heavy atom. The molecule has 0 saturated carbocycles. The van der Waals surface area contributed by atoms with Crippen LogP contribution >= 0.6 is 0 Å². The van der Waals surface area contributed by atoms with E-state index in [1.165, 1.54) is 19.5 Å². The van der Waals surface area contributed by atoms with Crippen molar-refractivity contribution in [2.24, 2.45) is 4.99 Å². The summed E-state index contributed by atoms with van der Waals surface area (Å²) in [5.41, 5.74) is 0.0231. The van der Waals surface area contributed by atoms with Gasteiger partial charge < -0.3 is 4.74 Å². The zero-order valence-corrected chi connectivity index (χ0v) is 6.03. The van der Waals surface area contributed by atoms with Crippen LogP contribution in [0.15, 0.2) is 16.8 Å². The van der Waals surface area contributed by atoms with Crippen LogP contribution in [0.3, 0.4) is 0 Å². The molecule has 0 bridgehead atoms. The first-order valence-corrected chi connectivity index (χ1v) is 3.09. The van der Waals surface area contributed by atoms with Crippen LogP contribution in [0.4, 0.5) is 0 Å². The molecule has 0 fully saturated rings. The van der Waals surface area contributed by atoms with E-state index >= 15 is 0 Å². The number of Topliss-reactive ketones (excluding diaryl/α,β-unsaturated/α-hetero) is 1. The van der Waals surface area contributed by atoms with Crippen molar-refractivity contribution in [2.45, 2.75) is 6.42 Å². The summed E-state index contributed by atoms with van der Waals surface area (Å²) in [5, 5.41) is 0. The Balaban J connectivity index is 2.84. The third-order valence-corrected chi connectivity index (χ3v) is 1.29. The summed E-state index contributed by atoms with van der Waals surface area (Å²) in [6.45, 7) is 0. The molecule has 0 atom stereocenters. The number of carbonyl (C=O) groups excluding carboxylic acids is 2. The van der Waals surface area contributed by atoms with Gasteiger partial charge in [0.15, 0.2) is 5.78 Å². The molecule has 0 aliphatic carbocycles. The fourth-order valence-electron chi connectivity index (χ4n) is 0.721. The number of nitrogens with zero attached hydrogens (tertiary/aromatic N) is 1. The second-order valence-corrected chi connectivity index (χ2v) is 1.99. The second-order valence-electron chi connectivity index (χ2n) is 1.99. The normalized spacial score (nSPS) is 16.1. The maximum absolute atomic E-state index is 10.9. The summed E-state index contributed by atoms with van der Waals surface area (Å²) >= 11 is 0. The number of esters is 1. The highest BCUT2D eigenvalue weighted by molar-refractivity contribution is 6.21. The van der Waals surface area contributed by atoms with Crippen LogP contribution in [0.5, 0.6) is 0 Å². The summed E-state index contributed by atoms with van der Waals surface area (Å²) in [7, 11) is 1.23. The Kier molecular flexibility index (Phi) is 2.15. The van der Waals surface area contributed by atoms with E-state index in [-0.39, 0.29) is 17.8 Å². The number of rotatable bonds is 1. The molecule has 0 saturated heterocycles. The minimum atomic E-state index is -0.619. The van der Waals surface area contributed by atoms with E-state index in [0.29, 0.717) is 0 Å². The van der Waals surface area contributed by atoms with Crippen LogP contribution in [0.25, 0.3) is 0 Å². The summed E-state index contributed by atoms with van der Waals surface area (Å²) in [5.74, 6) is -0.862. The Hall–Kier alpha value is -1.45. The smallest absolute Gasteiger partial charge is 0.343 e. The molecule has 0 aromatic rings. The Morgan fingerprint density at radius 1 is 1.73 bits per heavy atom. The summed E-state index contributed by atoms with van der Waals surface area (Å²) in [4.78, 5) is 25.4. The second kappa shape index (κ2) is 3.09. The van der Waals surface area contributed by atoms with Crippen molar-refractivity contribution in [3.63, 3.8) is 0 Å². The standard InChI is InChI=1S/C7H7NO3/c1-11-7(10)5-4-8-3-2-6(5)9/h3-4H,2H2,1H3. The number of methoxy groups -OCH3 is 1. The average Bonchev–Trinajstić information content (AvgIpc) is 2.04. The van der Waals surface area contributed by atoms with Crippen LogP contribution in [0, 0.1) is 0 Å². The molecule has 0 aromatic carbocycles. The molecule has 1 heterocycles. The van der Waals surface area contributed by atoms with E-state index < -0.39 is 5.97 Å². The van der Waals surface area contributed by atoms with Gasteiger partial charge in [-0.1, -0.05) is 0 Å². The molecule has 0 aromatic heterocycles. The van der Waals surface area contributed by atoms with Gasteiger partial charge >= 0.3 is 5.97 Å². The van der Waals surface area contributed by atoms with Gasteiger partial charge in [-0.05, 0) is 0 Å². The van der Waals surface area contributed by atoms with Crippen LogP contribution < -0.4 is 0 Å². The lowest BCUT2D eigenvalue weighted by Gasteiger charge is -2.03. The van der Waals surface area contributed by atoms with E-state index in [9.17, 15) is 9.59 Å². The first-order chi connectivity index (χ1) is 5.25. The molecular formula is C7H7NO3. The predicted molar refractivity (Wildman–Crippen MR) is 38.2 cm³/mol. The van der Waals surface area contributed by atoms with Gasteiger partial charge in [-0.25, -0.2) is 4.79 Å². The molecule has 0 N–H and O–H groups in total. The first-order valence-electron chi connectivity index (χ1n) is 3.09. The lowest BCUT2D eigenvalue weighted by molar-refractivity contribution is -0.137. The molecule has 58 valence electrons. The van der Waals surface area contributed by atoms with Crippen molar-refractivity contribution in [3.8, 4) is 0 Å². The first kappa shape index (κ1) is 7.65. The summed E-state index contributed by atoms with van der Waals surface area (Å²) in [6, 6.07) is 0. The minimum absolute atomic E-state index is 0.0231. The molecule has 4 nitrogen and oxygen atoms in total. The van der Waals surface area contributed by atoms with Gasteiger partial charge in [-0.2, -0.15) is 0 Å². The van der Waals surface area contributed by atoms with Crippen molar-refractivity contribution >= 4 is 18.0 Å². The van der Waals surface area contributed by atoms with E-state index in [0.717, 1.165) is 0 Å². The molecule has 4 heteroatoms. The molecule has 1 aliphatic heterocycles. The van der Waals surface area contributed by atoms with Crippen molar-refractivity contribution in [1.82, 2.24) is 0 Å². The Labute approximate surface area is 63.6 Å². The maximum atomic E-state index is 10.9. The third kappa shape index (κ3) is 1.52. The van der Waals surface area contributed by atoms with Gasteiger partial charge in [0.25, 0.3) is 0 Å². The van der Waals surface area contributed by atoms with Crippen LogP contribution in [0.2, 0.25) is 0 Å². The summed E-state index contributed by atoms with van der Waals surface area (Å²) in [6.07, 6.45) is 2.85. The molecule has 0 spiro atoms. The number of ether oxygens (including phenoxy) is 1. The molecule has 1 rings (SSSR count). The monoisotopic (exact) mass is 153 g/mol. The highest BCUT2D eigenvalue weighted by Crippen LogP contribution is 2.05. The zero-order chi connectivity index (χ0) is 8.27. The van der Waals surface area contributed by atoms with Crippen molar-refractivity contribution < 1.29 is 14.3 Å². The fraction of sp³-hybridized carbons (Fsp3) is 0.286. The molecule has 0 amide bonds. The number of carbonyl (C=O) groups is 2. The highest BCUT2D eigenvalue weighted by atomic mass is 16.5. The number of hydrogen-bond donors (Lipinski definition) is 0. The van der Waals surface area contributed by atoms with Gasteiger partial charge in [0.1, 0.15) is 5.57 Å². The van der Waals surface area contributed by atoms with E-state index in [1.54, 1.807) is 0 Å². The van der Waals surface area contributed by atoms with Gasteiger partial charge in [-0.3, -0.25) is 9.79 Å². The molecule has 1 aliphatic rings. The van der Waals surface area contributed by atoms with Gasteiger partial charge in [0.05, 0.1) is 7.11 Å². The van der Waals surface area contributed by atoms with Crippen molar-refractivity contribution in [3.05, 3.63) is 11.8 Å². The highest BCUT2D eigenvalue weighted by Gasteiger charge is 2.19. The number of hydrogen-bond acceptors (Lipinski definition) is 4. The molecule has 0 unspecified atom stereocenters. The molecule has 0 radical (unpaired) electrons. The topological polar surface area (TPSA) is 55.7 Å². The maximum Gasteiger partial charge on any atom is 0.343 e. The number of ketones is 1. The van der Waals surface area contributed by atoms with E-state index in [1.807, 2.05) is 0 Å². The lowest BCUT2D eigenvalue weighted by atomic mass is 10.1. The van der Waals surface area contributed by atoms with Gasteiger partial charge in [0.2, 0.25) is 0 Å². The number of aliphatic imine (C=N–C) groups is 1. The van der Waals surface area contributed by atoms with Gasteiger partial charge in [-0.15, -0.1) is 0 Å². The van der Waals surface area contributed by atoms with Crippen molar-refractivity contribution in [2.75, 3.05) is 7.11 Å². The van der Waals surface area contributed by atoms with Crippen molar-refractivity contribution in [1.29, 1.82) is 0 Å². The quantitative estimate of drug-likeness (QED) is 0.396. The third-order valence-electron chi connectivity index (χ3n) is 1.29. The lowest BCUT2D eigenvalue weighted by Crippen LogP contribution is -2.16. The predicted octanol–water partition coefficient (Wildman–Crippen LogP) is 0.0869. The van der Waals surface area contributed by atoms with Gasteiger partial charge in [0, 0.05) is 18.8 Å². The van der Waals surface area contributed by atoms with Crippen LogP contribution in [-0.4, -0.2) is 25.1 Å². The van der Waals surface area contributed by atoms with Crippen LogP contribution in [-0.2, 0) is 14.3 Å². The Bertz CT molecular complexity index is 252. The zero-order valence-electron chi connectivity index (χ0n) is 6.03. The molecule has 11 heavy (non-hydrogen) atoms. The minimum Gasteiger partial charge on any atom is -0.465 e. The molecular weight excluding hydrogens is 146 g/mol. The van der Waals surface area contributed by atoms with E-state index in [2.05, 4.69) is 9.73 Å². The van der Waals surface area contributed by atoms with E-state index in [4.69, 9.17) is 0 Å². The SMILES string of the molecule is COC(=O)C1=CN=CCC1=O. The Morgan fingerprint density at radius 2 is 2.45 bits per heavy atom. The largest absolute Gasteiger partial charge is 0.465 e. The fourth-order valence-corrected chi connectivity index (χ4v) is 0.721.